The van der Waals surface area contributed by atoms with Gasteiger partial charge in [0.25, 0.3) is 0 Å². The number of hydrogen-bond acceptors (Lipinski definition) is 4. The summed E-state index contributed by atoms with van der Waals surface area (Å²) in [6.45, 7) is 0.892. The van der Waals surface area contributed by atoms with Gasteiger partial charge in [-0.25, -0.2) is 4.98 Å². The largest absolute Gasteiger partial charge is 0.389 e. The minimum Gasteiger partial charge on any atom is -0.389 e. The van der Waals surface area contributed by atoms with Crippen LogP contribution >= 0.6 is 12.2 Å². The number of likely N-dealkylation sites (N-methyl/N-ethyl adjacent to an activating group) is 1. The molecule has 0 aromatic carbocycles. The first-order valence-electron chi connectivity index (χ1n) is 6.02. The molecule has 0 fully saturated rings. The van der Waals surface area contributed by atoms with Crippen LogP contribution < -0.4 is 10.6 Å². The van der Waals surface area contributed by atoms with Gasteiger partial charge in [-0.1, -0.05) is 12.2 Å². The molecule has 0 radical (unpaired) electrons. The summed E-state index contributed by atoms with van der Waals surface area (Å²) < 4.78 is 0. The quantitative estimate of drug-likeness (QED) is 0.841. The number of nitrogens with two attached hydrogens (primary N) is 1. The molecule has 0 aliphatic heterocycles. The minimum absolute atomic E-state index is 0.374. The van der Waals surface area contributed by atoms with E-state index in [1.54, 1.807) is 6.20 Å². The molecule has 19 heavy (non-hydrogen) atoms. The van der Waals surface area contributed by atoms with E-state index in [2.05, 4.69) is 14.9 Å². The molecule has 0 atom stereocenters. The Morgan fingerprint density at radius 3 is 2.58 bits per heavy atom. The van der Waals surface area contributed by atoms with Crippen LogP contribution in [0.1, 0.15) is 11.1 Å². The second-order valence-corrected chi connectivity index (χ2v) is 4.74. The van der Waals surface area contributed by atoms with Crippen molar-refractivity contribution in [3.05, 3.63) is 54.0 Å². The fourth-order valence-corrected chi connectivity index (χ4v) is 1.84. The SMILES string of the molecule is CN(CCc1ccncc1)c1ccc(C(N)=S)cn1. The molecule has 0 saturated carbocycles. The topological polar surface area (TPSA) is 55.0 Å². The molecule has 2 rings (SSSR count). The van der Waals surface area contributed by atoms with Crippen LogP contribution in [0.2, 0.25) is 0 Å². The summed E-state index contributed by atoms with van der Waals surface area (Å²) in [6, 6.07) is 7.88. The van der Waals surface area contributed by atoms with Gasteiger partial charge in [-0.05, 0) is 36.2 Å². The third-order valence-electron chi connectivity index (χ3n) is 2.91. The molecule has 2 aromatic rings. The lowest BCUT2D eigenvalue weighted by Gasteiger charge is -2.18. The molecule has 0 bridgehead atoms. The van der Waals surface area contributed by atoms with E-state index in [1.807, 2.05) is 43.7 Å². The number of aromatic nitrogens is 2. The Bertz CT molecular complexity index is 539. The summed E-state index contributed by atoms with van der Waals surface area (Å²) in [7, 11) is 2.02. The van der Waals surface area contributed by atoms with E-state index in [4.69, 9.17) is 18.0 Å². The molecular formula is C14H16N4S. The average Bonchev–Trinajstić information content (AvgIpc) is 2.46. The normalized spacial score (nSPS) is 10.2. The van der Waals surface area contributed by atoms with Crippen molar-refractivity contribution in [2.75, 3.05) is 18.5 Å². The van der Waals surface area contributed by atoms with Crippen LogP contribution in [0.4, 0.5) is 5.82 Å². The van der Waals surface area contributed by atoms with E-state index in [9.17, 15) is 0 Å². The van der Waals surface area contributed by atoms with Gasteiger partial charge >= 0.3 is 0 Å². The Balaban J connectivity index is 1.96. The van der Waals surface area contributed by atoms with Crippen molar-refractivity contribution in [3.8, 4) is 0 Å². The molecule has 5 heteroatoms. The summed E-state index contributed by atoms with van der Waals surface area (Å²) in [6.07, 6.45) is 6.29. The van der Waals surface area contributed by atoms with E-state index in [0.717, 1.165) is 24.3 Å². The van der Waals surface area contributed by atoms with Gasteiger partial charge < -0.3 is 10.6 Å². The molecule has 98 valence electrons. The Morgan fingerprint density at radius 2 is 2.00 bits per heavy atom. The Kier molecular flexibility index (Phi) is 4.41. The molecule has 0 aliphatic carbocycles. The zero-order valence-electron chi connectivity index (χ0n) is 10.8. The van der Waals surface area contributed by atoms with Gasteiger partial charge in [0.05, 0.1) is 0 Å². The lowest BCUT2D eigenvalue weighted by Crippen LogP contribution is -2.21. The van der Waals surface area contributed by atoms with Gasteiger partial charge in [-0.3, -0.25) is 4.98 Å². The first-order chi connectivity index (χ1) is 9.16. The zero-order chi connectivity index (χ0) is 13.7. The van der Waals surface area contributed by atoms with Crippen LogP contribution in [0.3, 0.4) is 0 Å². The minimum atomic E-state index is 0.374. The molecule has 4 nitrogen and oxygen atoms in total. The van der Waals surface area contributed by atoms with Crippen molar-refractivity contribution in [3.63, 3.8) is 0 Å². The maximum Gasteiger partial charge on any atom is 0.128 e. The molecule has 0 unspecified atom stereocenters. The van der Waals surface area contributed by atoms with E-state index in [1.165, 1.54) is 5.56 Å². The van der Waals surface area contributed by atoms with Crippen LogP contribution in [-0.4, -0.2) is 28.5 Å². The lowest BCUT2D eigenvalue weighted by molar-refractivity contribution is 0.858. The highest BCUT2D eigenvalue weighted by Gasteiger charge is 2.04. The number of nitrogens with zero attached hydrogens (tertiary/aromatic N) is 3. The molecule has 0 aliphatic rings. The van der Waals surface area contributed by atoms with Gasteiger partial charge in [-0.2, -0.15) is 0 Å². The second kappa shape index (κ2) is 6.24. The fraction of sp³-hybridized carbons (Fsp3) is 0.214. The molecule has 2 aromatic heterocycles. The monoisotopic (exact) mass is 272 g/mol. The van der Waals surface area contributed by atoms with Crippen LogP contribution in [-0.2, 0) is 6.42 Å². The molecule has 0 spiro atoms. The van der Waals surface area contributed by atoms with Crippen molar-refractivity contribution in [2.24, 2.45) is 5.73 Å². The molecule has 2 heterocycles. The lowest BCUT2D eigenvalue weighted by atomic mass is 10.2. The number of thiocarbonyl (C=S) groups is 1. The zero-order valence-corrected chi connectivity index (χ0v) is 11.6. The van der Waals surface area contributed by atoms with Crippen molar-refractivity contribution in [1.82, 2.24) is 9.97 Å². The Labute approximate surface area is 118 Å². The predicted octanol–water partition coefficient (Wildman–Crippen LogP) is 1.79. The number of rotatable bonds is 5. The van der Waals surface area contributed by atoms with Gasteiger partial charge in [-0.15, -0.1) is 0 Å². The second-order valence-electron chi connectivity index (χ2n) is 4.30. The maximum absolute atomic E-state index is 5.55. The standard InChI is InChI=1S/C14H16N4S/c1-18(9-6-11-4-7-16-8-5-11)13-3-2-12(10-17-13)14(15)19/h2-5,7-8,10H,6,9H2,1H3,(H2,15,19). The predicted molar refractivity (Wildman–Crippen MR) is 81.3 cm³/mol. The molecular weight excluding hydrogens is 256 g/mol. The Morgan fingerprint density at radius 1 is 1.26 bits per heavy atom. The average molecular weight is 272 g/mol. The first-order valence-corrected chi connectivity index (χ1v) is 6.43. The summed E-state index contributed by atoms with van der Waals surface area (Å²) in [5.74, 6) is 0.911. The van der Waals surface area contributed by atoms with Gasteiger partial charge in [0.1, 0.15) is 10.8 Å². The Hall–Kier alpha value is -2.01. The highest BCUT2D eigenvalue weighted by atomic mass is 32.1. The van der Waals surface area contributed by atoms with Crippen LogP contribution in [0, 0.1) is 0 Å². The van der Waals surface area contributed by atoms with Crippen molar-refractivity contribution in [1.29, 1.82) is 0 Å². The summed E-state index contributed by atoms with van der Waals surface area (Å²) in [5, 5.41) is 0. The van der Waals surface area contributed by atoms with E-state index < -0.39 is 0 Å². The summed E-state index contributed by atoms with van der Waals surface area (Å²) >= 11 is 4.90. The number of hydrogen-bond donors (Lipinski definition) is 1. The molecule has 0 saturated heterocycles. The third-order valence-corrected chi connectivity index (χ3v) is 3.14. The van der Waals surface area contributed by atoms with Crippen molar-refractivity contribution >= 4 is 23.0 Å². The van der Waals surface area contributed by atoms with E-state index in [0.29, 0.717) is 4.99 Å². The van der Waals surface area contributed by atoms with Crippen LogP contribution in [0.15, 0.2) is 42.9 Å². The number of anilines is 1. The highest BCUT2D eigenvalue weighted by Crippen LogP contribution is 2.10. The number of pyridine rings is 2. The molecule has 2 N–H and O–H groups in total. The fourth-order valence-electron chi connectivity index (χ4n) is 1.72. The third kappa shape index (κ3) is 3.72. The highest BCUT2D eigenvalue weighted by molar-refractivity contribution is 7.80. The van der Waals surface area contributed by atoms with E-state index in [-0.39, 0.29) is 0 Å². The van der Waals surface area contributed by atoms with E-state index >= 15 is 0 Å². The summed E-state index contributed by atoms with van der Waals surface area (Å²) in [5.41, 5.74) is 7.60. The maximum atomic E-state index is 5.55. The van der Waals surface area contributed by atoms with Crippen LogP contribution in [0.25, 0.3) is 0 Å². The first kappa shape index (κ1) is 13.4. The van der Waals surface area contributed by atoms with Gasteiger partial charge in [0.15, 0.2) is 0 Å². The van der Waals surface area contributed by atoms with Gasteiger partial charge in [0, 0.05) is 37.7 Å². The summed E-state index contributed by atoms with van der Waals surface area (Å²) in [4.78, 5) is 10.8. The van der Waals surface area contributed by atoms with Crippen LogP contribution in [0.5, 0.6) is 0 Å². The van der Waals surface area contributed by atoms with Gasteiger partial charge in [0.2, 0.25) is 0 Å². The van der Waals surface area contributed by atoms with Crippen molar-refractivity contribution < 1.29 is 0 Å². The molecule has 0 amide bonds. The van der Waals surface area contributed by atoms with Crippen molar-refractivity contribution in [2.45, 2.75) is 6.42 Å². The smallest absolute Gasteiger partial charge is 0.128 e.